The Hall–Kier alpha value is -2.74. The summed E-state index contributed by atoms with van der Waals surface area (Å²) in [5.41, 5.74) is 0. The third-order valence-corrected chi connectivity index (χ3v) is 4.82. The van der Waals surface area contributed by atoms with E-state index in [1.807, 2.05) is 40.7 Å². The lowest BCUT2D eigenvalue weighted by Crippen LogP contribution is -2.36. The lowest BCUT2D eigenvalue weighted by molar-refractivity contribution is 0.243. The molecule has 0 spiro atoms. The van der Waals surface area contributed by atoms with Crippen LogP contribution >= 0.6 is 0 Å². The van der Waals surface area contributed by atoms with Crippen molar-refractivity contribution in [3.8, 4) is 5.82 Å². The molecule has 0 bridgehead atoms. The molecular weight excluding hydrogens is 316 g/mol. The number of hydrogen-bond acceptors (Lipinski definition) is 6. The Morgan fingerprint density at radius 3 is 2.60 bits per heavy atom. The molecule has 3 aromatic heterocycles. The van der Waals surface area contributed by atoms with Gasteiger partial charge >= 0.3 is 0 Å². The van der Waals surface area contributed by atoms with Gasteiger partial charge in [-0.1, -0.05) is 11.3 Å². The van der Waals surface area contributed by atoms with Crippen LogP contribution in [0.5, 0.6) is 0 Å². The van der Waals surface area contributed by atoms with Gasteiger partial charge in [-0.3, -0.25) is 4.57 Å². The van der Waals surface area contributed by atoms with Gasteiger partial charge in [0.25, 0.3) is 0 Å². The molecule has 130 valence electrons. The zero-order valence-corrected chi connectivity index (χ0v) is 14.7. The summed E-state index contributed by atoms with van der Waals surface area (Å²) < 4.78 is 3.95. The van der Waals surface area contributed by atoms with Gasteiger partial charge in [0, 0.05) is 31.7 Å². The third-order valence-electron chi connectivity index (χ3n) is 4.82. The van der Waals surface area contributed by atoms with Crippen molar-refractivity contribution in [2.24, 2.45) is 0 Å². The number of nitrogens with zero attached hydrogens (tertiary/aromatic N) is 8. The summed E-state index contributed by atoms with van der Waals surface area (Å²) in [6, 6.07) is 6.71. The van der Waals surface area contributed by atoms with E-state index in [0.29, 0.717) is 6.04 Å². The van der Waals surface area contributed by atoms with Crippen molar-refractivity contribution in [1.29, 1.82) is 0 Å². The predicted octanol–water partition coefficient (Wildman–Crippen LogP) is 1.16. The van der Waals surface area contributed by atoms with Gasteiger partial charge in [-0.05, 0) is 33.2 Å². The molecule has 0 radical (unpaired) electrons. The van der Waals surface area contributed by atoms with Crippen LogP contribution in [0.3, 0.4) is 0 Å². The lowest BCUT2D eigenvalue weighted by atomic mass is 10.1. The van der Waals surface area contributed by atoms with E-state index < -0.39 is 0 Å². The minimum absolute atomic E-state index is 0.248. The van der Waals surface area contributed by atoms with Crippen LogP contribution in [0.2, 0.25) is 0 Å². The second kappa shape index (κ2) is 6.29. The predicted molar refractivity (Wildman–Crippen MR) is 94.8 cm³/mol. The first-order valence-electron chi connectivity index (χ1n) is 8.38. The number of rotatable bonds is 4. The fraction of sp³-hybridized carbons (Fsp3) is 0.412. The summed E-state index contributed by atoms with van der Waals surface area (Å²) in [6.45, 7) is 3.73. The van der Waals surface area contributed by atoms with E-state index in [1.165, 1.54) is 0 Å². The Balaban J connectivity index is 1.63. The van der Waals surface area contributed by atoms with Gasteiger partial charge in [0.15, 0.2) is 0 Å². The molecule has 0 unspecified atom stereocenters. The zero-order valence-electron chi connectivity index (χ0n) is 14.7. The average Bonchev–Trinajstić information content (AvgIpc) is 3.34. The van der Waals surface area contributed by atoms with E-state index in [9.17, 15) is 0 Å². The van der Waals surface area contributed by atoms with Crippen LogP contribution in [0.1, 0.15) is 11.9 Å². The molecule has 0 saturated carbocycles. The van der Waals surface area contributed by atoms with Crippen molar-refractivity contribution in [2.45, 2.75) is 19.0 Å². The molecule has 0 N–H and O–H groups in total. The summed E-state index contributed by atoms with van der Waals surface area (Å²) >= 11 is 0. The molecule has 8 nitrogen and oxygen atoms in total. The Kier molecular flexibility index (Phi) is 3.96. The topological polar surface area (TPSA) is 67.9 Å². The van der Waals surface area contributed by atoms with Gasteiger partial charge in [0.2, 0.25) is 0 Å². The first kappa shape index (κ1) is 15.8. The number of aromatic nitrogens is 6. The highest BCUT2D eigenvalue weighted by Gasteiger charge is 2.36. The molecule has 1 aliphatic rings. The monoisotopic (exact) mass is 338 g/mol. The summed E-state index contributed by atoms with van der Waals surface area (Å²) in [7, 11) is 4.22. The maximum Gasteiger partial charge on any atom is 0.140 e. The zero-order chi connectivity index (χ0) is 17.4. The molecule has 3 aromatic rings. The summed E-state index contributed by atoms with van der Waals surface area (Å²) in [5.74, 6) is 2.79. The van der Waals surface area contributed by atoms with Gasteiger partial charge in [-0.2, -0.15) is 0 Å². The minimum atomic E-state index is 0.248. The Bertz CT molecular complexity index is 838. The second-order valence-corrected chi connectivity index (χ2v) is 6.58. The van der Waals surface area contributed by atoms with E-state index >= 15 is 0 Å². The van der Waals surface area contributed by atoms with Crippen LogP contribution in [0.15, 0.2) is 43.0 Å². The molecule has 1 aliphatic heterocycles. The number of likely N-dealkylation sites (N-methyl/N-ethyl adjacent to an activating group) is 1. The van der Waals surface area contributed by atoms with E-state index in [2.05, 4.69) is 45.3 Å². The van der Waals surface area contributed by atoms with Crippen molar-refractivity contribution in [2.75, 3.05) is 32.1 Å². The summed E-state index contributed by atoms with van der Waals surface area (Å²) in [4.78, 5) is 13.7. The molecule has 2 atom stereocenters. The SMILES string of the molecule is Cc1nccn1-c1cccc(N2C[C@@H](N(C)C)[C@@H](n3ccnn3)C2)n1. The molecule has 1 saturated heterocycles. The molecule has 0 aromatic carbocycles. The first-order chi connectivity index (χ1) is 12.1. The molecule has 4 heterocycles. The van der Waals surface area contributed by atoms with Crippen LogP contribution in [-0.2, 0) is 0 Å². The Morgan fingerprint density at radius 1 is 1.08 bits per heavy atom. The fourth-order valence-electron chi connectivity index (χ4n) is 3.46. The maximum atomic E-state index is 4.85. The number of hydrogen-bond donors (Lipinski definition) is 0. The van der Waals surface area contributed by atoms with Gasteiger partial charge < -0.3 is 9.80 Å². The van der Waals surface area contributed by atoms with Crippen molar-refractivity contribution in [3.63, 3.8) is 0 Å². The van der Waals surface area contributed by atoms with Gasteiger partial charge in [-0.25, -0.2) is 14.6 Å². The van der Waals surface area contributed by atoms with E-state index in [-0.39, 0.29) is 6.04 Å². The highest BCUT2D eigenvalue weighted by molar-refractivity contribution is 5.45. The standard InChI is InChI=1S/C17H22N8/c1-13-18-7-9-24(13)17-6-4-5-16(20-17)23-11-14(22(2)3)15(12-23)25-10-8-19-21-25/h4-10,14-15H,11-12H2,1-3H3/t14-,15+/m1/s1. The molecular formula is C17H22N8. The minimum Gasteiger partial charge on any atom is -0.353 e. The maximum absolute atomic E-state index is 4.85. The van der Waals surface area contributed by atoms with Gasteiger partial charge in [0.1, 0.15) is 17.5 Å². The van der Waals surface area contributed by atoms with Crippen molar-refractivity contribution >= 4 is 5.82 Å². The van der Waals surface area contributed by atoms with E-state index in [0.717, 1.165) is 30.5 Å². The lowest BCUT2D eigenvalue weighted by Gasteiger charge is -2.24. The second-order valence-electron chi connectivity index (χ2n) is 6.58. The van der Waals surface area contributed by atoms with Crippen LogP contribution in [0.25, 0.3) is 5.82 Å². The molecule has 25 heavy (non-hydrogen) atoms. The molecule has 4 rings (SSSR count). The Labute approximate surface area is 146 Å². The van der Waals surface area contributed by atoms with Crippen molar-refractivity contribution in [1.82, 2.24) is 34.4 Å². The summed E-state index contributed by atoms with van der Waals surface area (Å²) in [5, 5.41) is 8.18. The smallest absolute Gasteiger partial charge is 0.140 e. The highest BCUT2D eigenvalue weighted by Crippen LogP contribution is 2.28. The van der Waals surface area contributed by atoms with Crippen LogP contribution in [-0.4, -0.2) is 67.7 Å². The van der Waals surface area contributed by atoms with Crippen LogP contribution < -0.4 is 4.90 Å². The molecule has 0 amide bonds. The normalized spacial score (nSPS) is 20.6. The Morgan fingerprint density at radius 2 is 1.92 bits per heavy atom. The first-order valence-corrected chi connectivity index (χ1v) is 8.38. The van der Waals surface area contributed by atoms with Crippen molar-refractivity contribution < 1.29 is 0 Å². The number of pyridine rings is 1. The number of anilines is 1. The fourth-order valence-corrected chi connectivity index (χ4v) is 3.46. The average molecular weight is 338 g/mol. The van der Waals surface area contributed by atoms with E-state index in [4.69, 9.17) is 4.98 Å². The van der Waals surface area contributed by atoms with Crippen molar-refractivity contribution in [3.05, 3.63) is 48.8 Å². The summed E-state index contributed by atoms with van der Waals surface area (Å²) in [6.07, 6.45) is 7.40. The van der Waals surface area contributed by atoms with E-state index in [1.54, 1.807) is 12.4 Å². The highest BCUT2D eigenvalue weighted by atomic mass is 15.5. The van der Waals surface area contributed by atoms with Gasteiger partial charge in [0.05, 0.1) is 18.3 Å². The number of imidazole rings is 1. The third kappa shape index (κ3) is 2.89. The molecule has 8 heteroatoms. The quantitative estimate of drug-likeness (QED) is 0.711. The molecule has 1 fully saturated rings. The van der Waals surface area contributed by atoms with Crippen LogP contribution in [0.4, 0.5) is 5.82 Å². The van der Waals surface area contributed by atoms with Crippen LogP contribution in [0, 0.1) is 6.92 Å². The number of aryl methyl sites for hydroxylation is 1. The van der Waals surface area contributed by atoms with Gasteiger partial charge in [-0.15, -0.1) is 5.10 Å². The largest absolute Gasteiger partial charge is 0.353 e. The molecule has 0 aliphatic carbocycles.